The van der Waals surface area contributed by atoms with Crippen molar-refractivity contribution in [3.8, 4) is 0 Å². The average molecular weight is 333 g/mol. The summed E-state index contributed by atoms with van der Waals surface area (Å²) in [6, 6.07) is 6.88. The van der Waals surface area contributed by atoms with Crippen molar-refractivity contribution in [1.29, 1.82) is 0 Å². The zero-order valence-corrected chi connectivity index (χ0v) is 14.5. The van der Waals surface area contributed by atoms with Gasteiger partial charge in [-0.1, -0.05) is 26.0 Å². The molecule has 24 heavy (non-hydrogen) atoms. The van der Waals surface area contributed by atoms with E-state index in [1.807, 2.05) is 0 Å². The molecule has 1 fully saturated rings. The molecule has 0 aromatic heterocycles. The Labute approximate surface area is 143 Å². The number of carbonyl (C=O) groups is 2. The molecule has 0 bridgehead atoms. The standard InChI is InChI=1S/C19H27NO4/c1-13(2)11-17-12-16(9-10-24-17)20-18(21)8-5-14-3-6-15(7-4-14)19(22)23/h3-4,6-7,13,16-17H,5,8-12H2,1-2H3,(H,20,21)(H,22,23). The molecule has 2 N–H and O–H groups in total. The predicted molar refractivity (Wildman–Crippen MR) is 92.1 cm³/mol. The summed E-state index contributed by atoms with van der Waals surface area (Å²) in [6.07, 6.45) is 4.06. The van der Waals surface area contributed by atoms with E-state index in [1.165, 1.54) is 0 Å². The molecule has 5 nitrogen and oxygen atoms in total. The largest absolute Gasteiger partial charge is 0.478 e. The quantitative estimate of drug-likeness (QED) is 0.804. The summed E-state index contributed by atoms with van der Waals surface area (Å²) in [5, 5.41) is 12.0. The van der Waals surface area contributed by atoms with Crippen molar-refractivity contribution in [2.75, 3.05) is 6.61 Å². The SMILES string of the molecule is CC(C)CC1CC(NC(=O)CCc2ccc(C(=O)O)cc2)CCO1. The highest BCUT2D eigenvalue weighted by Gasteiger charge is 2.24. The Bertz CT molecular complexity index is 553. The minimum atomic E-state index is -0.935. The smallest absolute Gasteiger partial charge is 0.335 e. The lowest BCUT2D eigenvalue weighted by Gasteiger charge is -2.31. The van der Waals surface area contributed by atoms with Crippen LogP contribution in [0.3, 0.4) is 0 Å². The van der Waals surface area contributed by atoms with E-state index in [2.05, 4.69) is 19.2 Å². The van der Waals surface area contributed by atoms with Crippen molar-refractivity contribution in [3.63, 3.8) is 0 Å². The van der Waals surface area contributed by atoms with Crippen LogP contribution in [0.5, 0.6) is 0 Å². The lowest BCUT2D eigenvalue weighted by Crippen LogP contribution is -2.42. The van der Waals surface area contributed by atoms with Gasteiger partial charge in [-0.2, -0.15) is 0 Å². The molecule has 1 aromatic rings. The molecule has 132 valence electrons. The first-order valence-electron chi connectivity index (χ1n) is 8.67. The molecule has 2 rings (SSSR count). The van der Waals surface area contributed by atoms with E-state index in [0.717, 1.165) is 24.8 Å². The predicted octanol–water partition coefficient (Wildman–Crippen LogP) is 3.03. The lowest BCUT2D eigenvalue weighted by atomic mass is 9.96. The first kappa shape index (κ1) is 18.5. The second kappa shape index (κ2) is 8.83. The summed E-state index contributed by atoms with van der Waals surface area (Å²) in [5.41, 5.74) is 1.24. The van der Waals surface area contributed by atoms with Crippen molar-refractivity contribution in [1.82, 2.24) is 5.32 Å². The average Bonchev–Trinajstić information content (AvgIpc) is 2.53. The Balaban J connectivity index is 1.75. The number of nitrogens with one attached hydrogen (secondary N) is 1. The number of carboxylic acids is 1. The fourth-order valence-electron chi connectivity index (χ4n) is 3.07. The topological polar surface area (TPSA) is 75.6 Å². The van der Waals surface area contributed by atoms with Gasteiger partial charge in [-0.3, -0.25) is 4.79 Å². The fraction of sp³-hybridized carbons (Fsp3) is 0.579. The van der Waals surface area contributed by atoms with Crippen molar-refractivity contribution in [3.05, 3.63) is 35.4 Å². The van der Waals surface area contributed by atoms with Crippen LogP contribution in [0.25, 0.3) is 0 Å². The molecule has 1 saturated heterocycles. The van der Waals surface area contributed by atoms with Crippen LogP contribution in [0.15, 0.2) is 24.3 Å². The van der Waals surface area contributed by atoms with E-state index >= 15 is 0 Å². The number of hydrogen-bond donors (Lipinski definition) is 2. The number of rotatable bonds is 7. The molecule has 5 heteroatoms. The van der Waals surface area contributed by atoms with E-state index in [0.29, 0.717) is 25.4 Å². The van der Waals surface area contributed by atoms with Crippen LogP contribution in [0.1, 0.15) is 55.5 Å². The van der Waals surface area contributed by atoms with Gasteiger partial charge in [0, 0.05) is 19.1 Å². The number of amides is 1. The highest BCUT2D eigenvalue weighted by molar-refractivity contribution is 5.87. The molecule has 2 atom stereocenters. The lowest BCUT2D eigenvalue weighted by molar-refractivity contribution is -0.122. The van der Waals surface area contributed by atoms with E-state index in [9.17, 15) is 9.59 Å². The summed E-state index contributed by atoms with van der Waals surface area (Å²) in [5.74, 6) is -0.291. The van der Waals surface area contributed by atoms with Gasteiger partial charge in [0.05, 0.1) is 11.7 Å². The Morgan fingerprint density at radius 1 is 1.29 bits per heavy atom. The monoisotopic (exact) mass is 333 g/mol. The maximum Gasteiger partial charge on any atom is 0.335 e. The van der Waals surface area contributed by atoms with Crippen LogP contribution in [0.4, 0.5) is 0 Å². The molecular weight excluding hydrogens is 306 g/mol. The third-order valence-corrected chi connectivity index (χ3v) is 4.31. The maximum absolute atomic E-state index is 12.1. The summed E-state index contributed by atoms with van der Waals surface area (Å²) >= 11 is 0. The van der Waals surface area contributed by atoms with Gasteiger partial charge in [0.1, 0.15) is 0 Å². The van der Waals surface area contributed by atoms with Gasteiger partial charge < -0.3 is 15.2 Å². The first-order chi connectivity index (χ1) is 11.4. The van der Waals surface area contributed by atoms with Gasteiger partial charge in [0.25, 0.3) is 0 Å². The highest BCUT2D eigenvalue weighted by atomic mass is 16.5. The zero-order valence-electron chi connectivity index (χ0n) is 14.5. The number of aryl methyl sites for hydroxylation is 1. The van der Waals surface area contributed by atoms with Crippen molar-refractivity contribution in [2.24, 2.45) is 5.92 Å². The molecule has 0 saturated carbocycles. The number of hydrogen-bond acceptors (Lipinski definition) is 3. The van der Waals surface area contributed by atoms with E-state index in [4.69, 9.17) is 9.84 Å². The molecule has 1 amide bonds. The van der Waals surface area contributed by atoms with Crippen LogP contribution in [-0.2, 0) is 16.0 Å². The summed E-state index contributed by atoms with van der Waals surface area (Å²) < 4.78 is 5.76. The van der Waals surface area contributed by atoms with Gasteiger partial charge >= 0.3 is 5.97 Å². The van der Waals surface area contributed by atoms with E-state index in [1.54, 1.807) is 24.3 Å². The van der Waals surface area contributed by atoms with E-state index in [-0.39, 0.29) is 23.6 Å². The van der Waals surface area contributed by atoms with Crippen molar-refractivity contribution in [2.45, 2.75) is 58.1 Å². The number of carboxylic acid groups (broad SMARTS) is 1. The first-order valence-corrected chi connectivity index (χ1v) is 8.67. The number of ether oxygens (including phenoxy) is 1. The molecule has 1 aromatic carbocycles. The van der Waals surface area contributed by atoms with Crippen molar-refractivity contribution < 1.29 is 19.4 Å². The summed E-state index contributed by atoms with van der Waals surface area (Å²) in [6.45, 7) is 5.07. The highest BCUT2D eigenvalue weighted by Crippen LogP contribution is 2.20. The fourth-order valence-corrected chi connectivity index (χ4v) is 3.07. The maximum atomic E-state index is 12.1. The third-order valence-electron chi connectivity index (χ3n) is 4.31. The van der Waals surface area contributed by atoms with Gasteiger partial charge in [-0.05, 0) is 49.3 Å². The summed E-state index contributed by atoms with van der Waals surface area (Å²) in [4.78, 5) is 23.0. The molecule has 0 spiro atoms. The van der Waals surface area contributed by atoms with E-state index < -0.39 is 5.97 Å². The Morgan fingerprint density at radius 2 is 2.00 bits per heavy atom. The molecule has 1 heterocycles. The number of benzene rings is 1. The minimum Gasteiger partial charge on any atom is -0.478 e. The summed E-state index contributed by atoms with van der Waals surface area (Å²) in [7, 11) is 0. The van der Waals surface area contributed by atoms with Crippen LogP contribution in [0.2, 0.25) is 0 Å². The third kappa shape index (κ3) is 5.96. The second-order valence-electron chi connectivity index (χ2n) is 6.91. The van der Waals surface area contributed by atoms with Crippen molar-refractivity contribution >= 4 is 11.9 Å². The molecule has 1 aliphatic rings. The van der Waals surface area contributed by atoms with Gasteiger partial charge in [-0.15, -0.1) is 0 Å². The normalized spacial score (nSPS) is 20.8. The van der Waals surface area contributed by atoms with Crippen LogP contribution in [0, 0.1) is 5.92 Å². The zero-order chi connectivity index (χ0) is 17.5. The molecule has 1 aliphatic heterocycles. The molecular formula is C19H27NO4. The minimum absolute atomic E-state index is 0.0486. The van der Waals surface area contributed by atoms with Gasteiger partial charge in [0.2, 0.25) is 5.91 Å². The number of aromatic carboxylic acids is 1. The second-order valence-corrected chi connectivity index (χ2v) is 6.91. The molecule has 0 aliphatic carbocycles. The molecule has 0 radical (unpaired) electrons. The molecule has 2 unspecified atom stereocenters. The van der Waals surface area contributed by atoms with Crippen LogP contribution < -0.4 is 5.32 Å². The number of carbonyl (C=O) groups excluding carboxylic acids is 1. The van der Waals surface area contributed by atoms with Crippen LogP contribution in [-0.4, -0.2) is 35.7 Å². The Hall–Kier alpha value is -1.88. The van der Waals surface area contributed by atoms with Gasteiger partial charge in [0.15, 0.2) is 0 Å². The Kier molecular flexibility index (Phi) is 6.79. The Morgan fingerprint density at radius 3 is 2.62 bits per heavy atom. The van der Waals surface area contributed by atoms with Gasteiger partial charge in [-0.25, -0.2) is 4.79 Å². The van der Waals surface area contributed by atoms with Crippen LogP contribution >= 0.6 is 0 Å².